The number of nitrogens with one attached hydrogen (secondary N) is 1. The van der Waals surface area contributed by atoms with E-state index in [0.29, 0.717) is 62.9 Å². The van der Waals surface area contributed by atoms with Gasteiger partial charge < -0.3 is 10.1 Å². The molecular weight excluding hydrogens is 378 g/mol. The molecule has 1 aromatic carbocycles. The van der Waals surface area contributed by atoms with Gasteiger partial charge in [-0.3, -0.25) is 9.69 Å². The van der Waals surface area contributed by atoms with Gasteiger partial charge in [0, 0.05) is 45.7 Å². The molecule has 146 valence electrons. The minimum Gasteiger partial charge on any atom is -0.492 e. The largest absolute Gasteiger partial charge is 0.492 e. The third kappa shape index (κ3) is 7.11. The molecule has 7 nitrogen and oxygen atoms in total. The highest BCUT2D eigenvalue weighted by Crippen LogP contribution is 2.23. The minimum atomic E-state index is -3.10. The summed E-state index contributed by atoms with van der Waals surface area (Å²) in [6.07, 6.45) is 2.24. The van der Waals surface area contributed by atoms with Gasteiger partial charge in [-0.25, -0.2) is 8.42 Å². The summed E-state index contributed by atoms with van der Waals surface area (Å²) in [5, 5.41) is 3.45. The van der Waals surface area contributed by atoms with Crippen molar-refractivity contribution in [2.24, 2.45) is 0 Å². The smallest absolute Gasteiger partial charge is 0.220 e. The van der Waals surface area contributed by atoms with Gasteiger partial charge in [-0.05, 0) is 18.6 Å². The molecule has 9 heteroatoms. The molecule has 1 amide bonds. The maximum absolute atomic E-state index is 11.8. The van der Waals surface area contributed by atoms with Gasteiger partial charge >= 0.3 is 0 Å². The lowest BCUT2D eigenvalue weighted by Crippen LogP contribution is -2.49. The number of amides is 1. The number of ether oxygens (including phenoxy) is 1. The van der Waals surface area contributed by atoms with Crippen LogP contribution in [0.15, 0.2) is 24.3 Å². The SMILES string of the molecule is CS(=O)(=O)N1CCN(CCNC(=O)CCCOc2ccccc2Cl)CC1. The number of carbonyl (C=O) groups is 1. The van der Waals surface area contributed by atoms with Crippen LogP contribution in [-0.2, 0) is 14.8 Å². The quantitative estimate of drug-likeness (QED) is 0.626. The maximum Gasteiger partial charge on any atom is 0.220 e. The van der Waals surface area contributed by atoms with Crippen molar-refractivity contribution in [2.75, 3.05) is 52.1 Å². The normalized spacial score (nSPS) is 16.4. The van der Waals surface area contributed by atoms with Gasteiger partial charge in [0.25, 0.3) is 0 Å². The number of halogens is 1. The van der Waals surface area contributed by atoms with Crippen LogP contribution in [-0.4, -0.2) is 75.7 Å². The van der Waals surface area contributed by atoms with Crippen molar-refractivity contribution >= 4 is 27.5 Å². The first-order valence-electron chi connectivity index (χ1n) is 8.68. The fourth-order valence-corrected chi connectivity index (χ4v) is 3.72. The third-order valence-corrected chi connectivity index (χ3v) is 5.81. The van der Waals surface area contributed by atoms with Crippen molar-refractivity contribution in [1.29, 1.82) is 0 Å². The van der Waals surface area contributed by atoms with Crippen LogP contribution in [0.1, 0.15) is 12.8 Å². The van der Waals surface area contributed by atoms with Crippen molar-refractivity contribution in [3.05, 3.63) is 29.3 Å². The van der Waals surface area contributed by atoms with E-state index in [1.54, 1.807) is 12.1 Å². The summed E-state index contributed by atoms with van der Waals surface area (Å²) in [5.74, 6) is 0.616. The monoisotopic (exact) mass is 403 g/mol. The van der Waals surface area contributed by atoms with Crippen LogP contribution in [0.4, 0.5) is 0 Å². The first kappa shape index (κ1) is 21.0. The van der Waals surface area contributed by atoms with Crippen molar-refractivity contribution in [1.82, 2.24) is 14.5 Å². The van der Waals surface area contributed by atoms with Gasteiger partial charge in [-0.15, -0.1) is 0 Å². The Labute approximate surface area is 160 Å². The summed E-state index contributed by atoms with van der Waals surface area (Å²) in [7, 11) is -3.10. The zero-order chi connectivity index (χ0) is 19.0. The second-order valence-electron chi connectivity index (χ2n) is 6.24. The molecule has 0 aliphatic carbocycles. The molecule has 26 heavy (non-hydrogen) atoms. The van der Waals surface area contributed by atoms with Gasteiger partial charge in [0.05, 0.1) is 17.9 Å². The highest BCUT2D eigenvalue weighted by molar-refractivity contribution is 7.88. The molecule has 0 saturated carbocycles. The fraction of sp³-hybridized carbons (Fsp3) is 0.588. The fourth-order valence-electron chi connectivity index (χ4n) is 2.70. The van der Waals surface area contributed by atoms with E-state index in [1.165, 1.54) is 10.6 Å². The van der Waals surface area contributed by atoms with E-state index in [0.717, 1.165) is 6.54 Å². The lowest BCUT2D eigenvalue weighted by Gasteiger charge is -2.33. The summed E-state index contributed by atoms with van der Waals surface area (Å²) in [5.41, 5.74) is 0. The van der Waals surface area contributed by atoms with Crippen LogP contribution >= 0.6 is 11.6 Å². The molecule has 0 radical (unpaired) electrons. The number of nitrogens with zero attached hydrogens (tertiary/aromatic N) is 2. The van der Waals surface area contributed by atoms with Gasteiger partial charge in [0.15, 0.2) is 0 Å². The van der Waals surface area contributed by atoms with E-state index in [2.05, 4.69) is 10.2 Å². The van der Waals surface area contributed by atoms with Crippen molar-refractivity contribution in [3.63, 3.8) is 0 Å². The molecule has 0 aromatic heterocycles. The van der Waals surface area contributed by atoms with Crippen molar-refractivity contribution in [2.45, 2.75) is 12.8 Å². The number of sulfonamides is 1. The van der Waals surface area contributed by atoms with Crippen LogP contribution in [0.25, 0.3) is 0 Å². The summed E-state index contributed by atoms with van der Waals surface area (Å²) >= 11 is 6.00. The topological polar surface area (TPSA) is 79.0 Å². The predicted molar refractivity (Wildman–Crippen MR) is 102 cm³/mol. The molecule has 1 saturated heterocycles. The van der Waals surface area contributed by atoms with E-state index in [9.17, 15) is 13.2 Å². The second kappa shape index (κ2) is 10.1. The van der Waals surface area contributed by atoms with E-state index >= 15 is 0 Å². The van der Waals surface area contributed by atoms with Gasteiger partial charge in [-0.2, -0.15) is 4.31 Å². The first-order valence-corrected chi connectivity index (χ1v) is 10.9. The third-order valence-electron chi connectivity index (χ3n) is 4.19. The Hall–Kier alpha value is -1.35. The highest BCUT2D eigenvalue weighted by atomic mass is 35.5. The van der Waals surface area contributed by atoms with E-state index in [-0.39, 0.29) is 5.91 Å². The lowest BCUT2D eigenvalue weighted by molar-refractivity contribution is -0.121. The molecule has 1 aliphatic rings. The Morgan fingerprint density at radius 3 is 2.58 bits per heavy atom. The summed E-state index contributed by atoms with van der Waals surface area (Å²) in [4.78, 5) is 14.0. The number of benzene rings is 1. The molecule has 1 N–H and O–H groups in total. The van der Waals surface area contributed by atoms with Crippen LogP contribution in [0.2, 0.25) is 5.02 Å². The van der Waals surface area contributed by atoms with Crippen LogP contribution in [0, 0.1) is 0 Å². The molecule has 1 aliphatic heterocycles. The Morgan fingerprint density at radius 2 is 1.92 bits per heavy atom. The van der Waals surface area contributed by atoms with Crippen LogP contribution < -0.4 is 10.1 Å². The molecule has 1 aromatic rings. The standard InChI is InChI=1S/C17H26ClN3O4S/c1-26(23,24)21-12-10-20(11-13-21)9-8-19-17(22)7-4-14-25-16-6-3-2-5-15(16)18/h2-3,5-6H,4,7-14H2,1H3,(H,19,22). The molecule has 0 spiro atoms. The molecule has 0 bridgehead atoms. The summed E-state index contributed by atoms with van der Waals surface area (Å²) in [6, 6.07) is 7.25. The highest BCUT2D eigenvalue weighted by Gasteiger charge is 2.22. The average molecular weight is 404 g/mol. The van der Waals surface area contributed by atoms with Gasteiger partial charge in [0.1, 0.15) is 5.75 Å². The van der Waals surface area contributed by atoms with Crippen LogP contribution in [0.5, 0.6) is 5.75 Å². The first-order chi connectivity index (χ1) is 12.4. The number of hydrogen-bond acceptors (Lipinski definition) is 5. The number of piperazine rings is 1. The molecule has 0 unspecified atom stereocenters. The molecule has 0 atom stereocenters. The van der Waals surface area contributed by atoms with E-state index in [1.807, 2.05) is 12.1 Å². The molecular formula is C17H26ClN3O4S. The van der Waals surface area contributed by atoms with Gasteiger partial charge in [-0.1, -0.05) is 23.7 Å². The Morgan fingerprint density at radius 1 is 1.23 bits per heavy atom. The number of hydrogen-bond donors (Lipinski definition) is 1. The summed E-state index contributed by atoms with van der Waals surface area (Å²) < 4.78 is 30.0. The second-order valence-corrected chi connectivity index (χ2v) is 8.63. The Kier molecular flexibility index (Phi) is 8.15. The number of para-hydroxylation sites is 1. The van der Waals surface area contributed by atoms with E-state index in [4.69, 9.17) is 16.3 Å². The molecule has 2 rings (SSSR count). The average Bonchev–Trinajstić information content (AvgIpc) is 2.60. The molecule has 1 fully saturated rings. The predicted octanol–water partition coefficient (Wildman–Crippen LogP) is 1.19. The summed E-state index contributed by atoms with van der Waals surface area (Å²) in [6.45, 7) is 4.11. The molecule has 1 heterocycles. The number of carbonyl (C=O) groups excluding carboxylic acids is 1. The van der Waals surface area contributed by atoms with Crippen molar-refractivity contribution < 1.29 is 17.9 Å². The van der Waals surface area contributed by atoms with Gasteiger partial charge in [0.2, 0.25) is 15.9 Å². The zero-order valence-electron chi connectivity index (χ0n) is 15.0. The van der Waals surface area contributed by atoms with E-state index < -0.39 is 10.0 Å². The maximum atomic E-state index is 11.8. The lowest BCUT2D eigenvalue weighted by atomic mass is 10.3. The Balaban J connectivity index is 1.54. The zero-order valence-corrected chi connectivity index (χ0v) is 16.6. The van der Waals surface area contributed by atoms with Crippen LogP contribution in [0.3, 0.4) is 0 Å². The Bertz CT molecular complexity index is 691. The minimum absolute atomic E-state index is 0.0115. The number of rotatable bonds is 9. The van der Waals surface area contributed by atoms with Crippen molar-refractivity contribution in [3.8, 4) is 5.75 Å².